The van der Waals surface area contributed by atoms with Crippen LogP contribution in [0.25, 0.3) is 0 Å². The molecule has 3 N–H and O–H groups in total. The van der Waals surface area contributed by atoms with E-state index in [9.17, 15) is 13.2 Å². The number of nitrogens with zero attached hydrogens (tertiary/aromatic N) is 2. The first-order valence-electron chi connectivity index (χ1n) is 8.26. The zero-order valence-electron chi connectivity index (χ0n) is 15.0. The van der Waals surface area contributed by atoms with Crippen molar-refractivity contribution in [1.82, 2.24) is 15.6 Å². The highest BCUT2D eigenvalue weighted by Crippen LogP contribution is 2.28. The molecule has 0 amide bonds. The molecule has 0 aliphatic carbocycles. The third kappa shape index (κ3) is 10.6. The van der Waals surface area contributed by atoms with E-state index in [1.807, 2.05) is 6.92 Å². The molecule has 26 heavy (non-hydrogen) atoms. The molecule has 0 saturated carbocycles. The number of rotatable bonds is 10. The molecule has 150 valence electrons. The van der Waals surface area contributed by atoms with Crippen LogP contribution in [0.3, 0.4) is 0 Å². The van der Waals surface area contributed by atoms with E-state index < -0.39 is 11.7 Å². The summed E-state index contributed by atoms with van der Waals surface area (Å²) in [5.74, 6) is 1.13. The summed E-state index contributed by atoms with van der Waals surface area (Å²) in [6, 6.07) is 2.34. The maximum absolute atomic E-state index is 12.4. The quantitative estimate of drug-likeness (QED) is 0.204. The van der Waals surface area contributed by atoms with Crippen molar-refractivity contribution in [3.05, 3.63) is 23.9 Å². The molecule has 0 unspecified atom stereocenters. The Morgan fingerprint density at radius 1 is 1.15 bits per heavy atom. The molecular weight excluding hydrogens is 462 g/mol. The van der Waals surface area contributed by atoms with Crippen LogP contribution in [0.15, 0.2) is 23.3 Å². The lowest BCUT2D eigenvalue weighted by Crippen LogP contribution is -2.38. The predicted molar refractivity (Wildman–Crippen MR) is 108 cm³/mol. The normalized spacial score (nSPS) is 11.7. The van der Waals surface area contributed by atoms with Gasteiger partial charge in [0.15, 0.2) is 5.96 Å². The summed E-state index contributed by atoms with van der Waals surface area (Å²) in [6.45, 7) is 5.43. The van der Waals surface area contributed by atoms with Crippen molar-refractivity contribution in [2.24, 2.45) is 4.99 Å². The molecule has 0 fully saturated rings. The van der Waals surface area contributed by atoms with Gasteiger partial charge in [-0.2, -0.15) is 13.2 Å². The fourth-order valence-corrected chi connectivity index (χ4v) is 1.92. The number of hydrogen-bond donors (Lipinski definition) is 3. The molecule has 1 rings (SSSR count). The van der Waals surface area contributed by atoms with E-state index in [0.29, 0.717) is 38.1 Å². The van der Waals surface area contributed by atoms with Crippen LogP contribution in [0.2, 0.25) is 0 Å². The van der Waals surface area contributed by atoms with Gasteiger partial charge >= 0.3 is 6.18 Å². The lowest BCUT2D eigenvalue weighted by Gasteiger charge is -2.12. The summed E-state index contributed by atoms with van der Waals surface area (Å²) in [5.41, 5.74) is -0.751. The summed E-state index contributed by atoms with van der Waals surface area (Å²) < 4.78 is 42.6. The second-order valence-corrected chi connectivity index (χ2v) is 5.19. The number of nitrogens with one attached hydrogen (secondary N) is 3. The van der Waals surface area contributed by atoms with Crippen molar-refractivity contribution in [3.8, 4) is 0 Å². The number of hydrogen-bond acceptors (Lipinski definition) is 4. The highest BCUT2D eigenvalue weighted by atomic mass is 127. The first-order valence-corrected chi connectivity index (χ1v) is 8.26. The number of guanidine groups is 1. The van der Waals surface area contributed by atoms with Gasteiger partial charge in [0, 0.05) is 46.1 Å². The lowest BCUT2D eigenvalue weighted by molar-refractivity contribution is -0.137. The van der Waals surface area contributed by atoms with Gasteiger partial charge in [0.25, 0.3) is 0 Å². The number of halogens is 4. The fraction of sp³-hybridized carbons (Fsp3) is 0.625. The largest absolute Gasteiger partial charge is 0.417 e. The Labute approximate surface area is 169 Å². The average molecular weight is 489 g/mol. The van der Waals surface area contributed by atoms with Gasteiger partial charge in [-0.05, 0) is 31.9 Å². The smallest absolute Gasteiger partial charge is 0.382 e. The Balaban J connectivity index is 0.00000625. The van der Waals surface area contributed by atoms with E-state index in [1.165, 1.54) is 6.07 Å². The zero-order valence-corrected chi connectivity index (χ0v) is 17.4. The summed E-state index contributed by atoms with van der Waals surface area (Å²) in [6.07, 6.45) is -1.87. The molecule has 0 atom stereocenters. The Kier molecular flexibility index (Phi) is 13.2. The molecule has 10 heteroatoms. The van der Waals surface area contributed by atoms with Gasteiger partial charge in [-0.3, -0.25) is 4.99 Å². The van der Waals surface area contributed by atoms with Crippen molar-refractivity contribution in [2.45, 2.75) is 25.9 Å². The van der Waals surface area contributed by atoms with Crippen LogP contribution in [0, 0.1) is 0 Å². The molecular formula is C16H27F3IN5O. The van der Waals surface area contributed by atoms with Crippen molar-refractivity contribution in [3.63, 3.8) is 0 Å². The molecule has 0 aliphatic heterocycles. The second-order valence-electron chi connectivity index (χ2n) is 5.19. The molecule has 0 aromatic carbocycles. The van der Waals surface area contributed by atoms with Crippen LogP contribution in [-0.4, -0.2) is 50.8 Å². The van der Waals surface area contributed by atoms with E-state index in [1.54, 1.807) is 7.05 Å². The van der Waals surface area contributed by atoms with Crippen molar-refractivity contribution in [2.75, 3.05) is 45.2 Å². The highest BCUT2D eigenvalue weighted by molar-refractivity contribution is 14.0. The molecule has 1 aromatic heterocycles. The van der Waals surface area contributed by atoms with Crippen molar-refractivity contribution in [1.29, 1.82) is 0 Å². The lowest BCUT2D eigenvalue weighted by atomic mass is 10.3. The van der Waals surface area contributed by atoms with Gasteiger partial charge in [-0.1, -0.05) is 0 Å². The molecule has 1 aromatic rings. The maximum atomic E-state index is 12.4. The number of aliphatic imine (C=N–C) groups is 1. The Bertz CT molecular complexity index is 512. The Morgan fingerprint density at radius 2 is 1.85 bits per heavy atom. The minimum absolute atomic E-state index is 0. The fourth-order valence-electron chi connectivity index (χ4n) is 1.92. The Morgan fingerprint density at radius 3 is 2.38 bits per heavy atom. The molecule has 6 nitrogen and oxygen atoms in total. The van der Waals surface area contributed by atoms with Gasteiger partial charge in [0.2, 0.25) is 0 Å². The van der Waals surface area contributed by atoms with Crippen LogP contribution >= 0.6 is 24.0 Å². The molecule has 0 aliphatic rings. The summed E-state index contributed by atoms with van der Waals surface area (Å²) in [4.78, 5) is 7.87. The van der Waals surface area contributed by atoms with Crippen LogP contribution < -0.4 is 16.0 Å². The number of pyridine rings is 1. The monoisotopic (exact) mass is 489 g/mol. The maximum Gasteiger partial charge on any atom is 0.417 e. The average Bonchev–Trinajstić information content (AvgIpc) is 2.59. The minimum Gasteiger partial charge on any atom is -0.382 e. The van der Waals surface area contributed by atoms with Crippen LogP contribution in [0.4, 0.5) is 19.0 Å². The van der Waals surface area contributed by atoms with Crippen molar-refractivity contribution >= 4 is 35.8 Å². The van der Waals surface area contributed by atoms with Gasteiger partial charge in [-0.15, -0.1) is 24.0 Å². The molecule has 0 radical (unpaired) electrons. The van der Waals surface area contributed by atoms with Crippen LogP contribution in [0.5, 0.6) is 0 Å². The van der Waals surface area contributed by atoms with Gasteiger partial charge in [0.1, 0.15) is 5.82 Å². The molecule has 0 bridgehead atoms. The molecule has 0 saturated heterocycles. The Hall–Kier alpha value is -1.30. The first kappa shape index (κ1) is 24.7. The molecule has 1 heterocycles. The van der Waals surface area contributed by atoms with E-state index >= 15 is 0 Å². The highest BCUT2D eigenvalue weighted by Gasteiger charge is 2.30. The number of anilines is 1. The van der Waals surface area contributed by atoms with E-state index in [4.69, 9.17) is 4.74 Å². The van der Waals surface area contributed by atoms with Gasteiger partial charge in [0.05, 0.1) is 5.56 Å². The first-order chi connectivity index (χ1) is 12.0. The minimum atomic E-state index is -4.36. The summed E-state index contributed by atoms with van der Waals surface area (Å²) >= 11 is 0. The van der Waals surface area contributed by atoms with Crippen molar-refractivity contribution < 1.29 is 17.9 Å². The number of aromatic nitrogens is 1. The third-order valence-electron chi connectivity index (χ3n) is 3.23. The van der Waals surface area contributed by atoms with Gasteiger partial charge < -0.3 is 20.7 Å². The summed E-state index contributed by atoms with van der Waals surface area (Å²) in [7, 11) is 1.70. The van der Waals surface area contributed by atoms with Gasteiger partial charge in [-0.25, -0.2) is 4.98 Å². The summed E-state index contributed by atoms with van der Waals surface area (Å²) in [5, 5.41) is 9.33. The standard InChI is InChI=1S/C16H26F3N5O.HI/c1-3-25-11-5-10-23-15(20-2)22-9-4-8-21-14-7-6-13(12-24-14)16(17,18)19;/h6-7,12H,3-5,8-11H2,1-2H3,(H,21,24)(H2,20,22,23);1H. The zero-order chi connectivity index (χ0) is 18.5. The number of ether oxygens (including phenoxy) is 1. The predicted octanol–water partition coefficient (Wildman–Crippen LogP) is 3.11. The van der Waals surface area contributed by atoms with E-state index in [2.05, 4.69) is 25.9 Å². The number of alkyl halides is 3. The van der Waals surface area contributed by atoms with E-state index in [0.717, 1.165) is 31.6 Å². The topological polar surface area (TPSA) is 70.6 Å². The van der Waals surface area contributed by atoms with E-state index in [-0.39, 0.29) is 24.0 Å². The van der Waals surface area contributed by atoms with Crippen LogP contribution in [-0.2, 0) is 10.9 Å². The third-order valence-corrected chi connectivity index (χ3v) is 3.23. The SMILES string of the molecule is CCOCCCNC(=NC)NCCCNc1ccc(C(F)(F)F)cn1.I. The van der Waals surface area contributed by atoms with Crippen LogP contribution in [0.1, 0.15) is 25.3 Å². The second kappa shape index (κ2) is 13.8. The molecule has 0 spiro atoms.